The highest BCUT2D eigenvalue weighted by atomic mass is 28.4. The maximum atomic E-state index is 14.5. The van der Waals surface area contributed by atoms with Crippen LogP contribution in [0.15, 0.2) is 138 Å². The molecule has 11 nitrogen and oxygen atoms in total. The first-order valence-electron chi connectivity index (χ1n) is 22.5. The van der Waals surface area contributed by atoms with E-state index in [1.54, 1.807) is 0 Å². The Bertz CT molecular complexity index is 2320. The second kappa shape index (κ2) is 21.6. The maximum Gasteiger partial charge on any atom is 0.330 e. The first-order valence-corrected chi connectivity index (χ1v) is 24.4. The van der Waals surface area contributed by atoms with Gasteiger partial charge in [-0.2, -0.15) is 0 Å². The SMILES string of the molecule is COC(=O)/C=C1/c2cc(CCCO[Si](c3ccccc3)(c3ccccc3)C(C)(C)C)oc2C2N(C(=O)CCCCOCc3ccccc3)O[C@@H](COCc3ccccc3)C[C@@]12C(=O)OC. The van der Waals surface area contributed by atoms with Gasteiger partial charge in [-0.3, -0.25) is 14.4 Å². The highest BCUT2D eigenvalue weighted by Crippen LogP contribution is 2.62. The molecule has 1 fully saturated rings. The van der Waals surface area contributed by atoms with Crippen LogP contribution in [0, 0.1) is 5.41 Å². The number of hydrogen-bond acceptors (Lipinski definition) is 10. The summed E-state index contributed by atoms with van der Waals surface area (Å²) < 4.78 is 36.7. The topological polar surface area (TPSA) is 123 Å². The second-order valence-corrected chi connectivity index (χ2v) is 22.0. The fourth-order valence-electron chi connectivity index (χ4n) is 9.39. The number of hydrogen-bond donors (Lipinski definition) is 0. The Morgan fingerprint density at radius 2 is 1.34 bits per heavy atom. The van der Waals surface area contributed by atoms with Gasteiger partial charge in [0.05, 0.1) is 34.0 Å². The number of furan rings is 1. The van der Waals surface area contributed by atoms with E-state index < -0.39 is 37.8 Å². The van der Waals surface area contributed by atoms with Gasteiger partial charge < -0.3 is 27.8 Å². The van der Waals surface area contributed by atoms with Crippen molar-refractivity contribution in [2.45, 2.75) is 89.7 Å². The van der Waals surface area contributed by atoms with E-state index in [4.69, 9.17) is 32.6 Å². The minimum atomic E-state index is -2.79. The van der Waals surface area contributed by atoms with E-state index in [9.17, 15) is 14.4 Å². The van der Waals surface area contributed by atoms with Crippen molar-refractivity contribution in [3.05, 3.63) is 162 Å². The molecule has 12 heteroatoms. The molecule has 1 aliphatic heterocycles. The Hall–Kier alpha value is -5.63. The number of ether oxygens (including phenoxy) is 4. The lowest BCUT2D eigenvalue weighted by Crippen LogP contribution is -2.66. The summed E-state index contributed by atoms with van der Waals surface area (Å²) in [6, 6.07) is 41.4. The average molecular weight is 900 g/mol. The zero-order valence-corrected chi connectivity index (χ0v) is 39.2. The van der Waals surface area contributed by atoms with Crippen LogP contribution >= 0.6 is 0 Å². The van der Waals surface area contributed by atoms with Crippen LogP contribution in [0.1, 0.15) is 87.1 Å². The first-order chi connectivity index (χ1) is 31.5. The van der Waals surface area contributed by atoms with Crippen LogP contribution in [-0.4, -0.2) is 71.4 Å². The number of methoxy groups -OCH3 is 2. The number of aryl methyl sites for hydroxylation is 1. The van der Waals surface area contributed by atoms with Crippen molar-refractivity contribution in [2.75, 3.05) is 34.0 Å². The smallest absolute Gasteiger partial charge is 0.330 e. The Morgan fingerprint density at radius 1 is 0.754 bits per heavy atom. The van der Waals surface area contributed by atoms with E-state index in [0.717, 1.165) is 11.1 Å². The lowest BCUT2D eigenvalue weighted by atomic mass is 9.71. The van der Waals surface area contributed by atoms with Crippen LogP contribution in [0.3, 0.4) is 0 Å². The number of amides is 1. The van der Waals surface area contributed by atoms with Gasteiger partial charge in [0.15, 0.2) is 0 Å². The van der Waals surface area contributed by atoms with E-state index in [1.165, 1.54) is 35.7 Å². The summed E-state index contributed by atoms with van der Waals surface area (Å²) >= 11 is 0. The summed E-state index contributed by atoms with van der Waals surface area (Å²) in [5, 5.41) is 3.47. The molecule has 5 aromatic rings. The number of fused-ring (bicyclic) bond motifs is 3. The molecule has 1 aliphatic carbocycles. The maximum absolute atomic E-state index is 14.5. The molecule has 65 heavy (non-hydrogen) atoms. The Morgan fingerprint density at radius 3 is 1.91 bits per heavy atom. The highest BCUT2D eigenvalue weighted by molar-refractivity contribution is 6.99. The quantitative estimate of drug-likeness (QED) is 0.0325. The van der Waals surface area contributed by atoms with E-state index >= 15 is 0 Å². The van der Waals surface area contributed by atoms with Gasteiger partial charge in [-0.1, -0.05) is 142 Å². The van der Waals surface area contributed by atoms with E-state index in [0.29, 0.717) is 74.8 Å². The summed E-state index contributed by atoms with van der Waals surface area (Å²) in [6.45, 7) is 8.48. The molecular weight excluding hydrogens is 839 g/mol. The molecule has 1 saturated heterocycles. The molecule has 342 valence electrons. The fraction of sp³-hybridized carbons (Fsp3) is 0.377. The third-order valence-corrected chi connectivity index (χ3v) is 17.4. The summed E-state index contributed by atoms with van der Waals surface area (Å²) in [4.78, 5) is 48.8. The van der Waals surface area contributed by atoms with Gasteiger partial charge in [-0.15, -0.1) is 0 Å². The molecule has 4 aromatic carbocycles. The molecule has 0 radical (unpaired) electrons. The largest absolute Gasteiger partial charge is 0.468 e. The van der Waals surface area contributed by atoms with E-state index in [1.807, 2.05) is 78.9 Å². The number of hydroxylamine groups is 2. The molecule has 3 atom stereocenters. The van der Waals surface area contributed by atoms with Crippen LogP contribution in [0.25, 0.3) is 5.57 Å². The number of nitrogens with zero attached hydrogens (tertiary/aromatic N) is 1. The molecule has 0 bridgehead atoms. The zero-order chi connectivity index (χ0) is 45.9. The number of carbonyl (C=O) groups excluding carboxylic acids is 3. The van der Waals surface area contributed by atoms with Gasteiger partial charge in [0.25, 0.3) is 8.32 Å². The van der Waals surface area contributed by atoms with Crippen molar-refractivity contribution in [3.8, 4) is 0 Å². The average Bonchev–Trinajstić information content (AvgIpc) is 3.85. The molecule has 2 heterocycles. The zero-order valence-electron chi connectivity index (χ0n) is 38.2. The fourth-order valence-corrected chi connectivity index (χ4v) is 14.0. The first kappa shape index (κ1) is 47.3. The third kappa shape index (κ3) is 10.4. The van der Waals surface area contributed by atoms with Crippen molar-refractivity contribution >= 4 is 42.1 Å². The summed E-state index contributed by atoms with van der Waals surface area (Å²) in [5.41, 5.74) is 1.33. The monoisotopic (exact) mass is 899 g/mol. The van der Waals surface area contributed by atoms with Crippen LogP contribution < -0.4 is 10.4 Å². The van der Waals surface area contributed by atoms with Crippen LogP contribution in [0.5, 0.6) is 0 Å². The summed E-state index contributed by atoms with van der Waals surface area (Å²) in [5.74, 6) is -0.676. The molecule has 0 spiro atoms. The molecule has 0 saturated carbocycles. The molecule has 1 unspecified atom stereocenters. The predicted octanol–water partition coefficient (Wildman–Crippen LogP) is 8.70. The normalized spacial score (nSPS) is 18.8. The summed E-state index contributed by atoms with van der Waals surface area (Å²) in [6.07, 6.45) is 2.95. The number of rotatable bonds is 20. The second-order valence-electron chi connectivity index (χ2n) is 17.7. The number of carbonyl (C=O) groups is 3. The van der Waals surface area contributed by atoms with E-state index in [-0.39, 0.29) is 30.4 Å². The minimum Gasteiger partial charge on any atom is -0.468 e. The van der Waals surface area contributed by atoms with Crippen molar-refractivity contribution in [1.82, 2.24) is 5.06 Å². The minimum absolute atomic E-state index is 0.0466. The van der Waals surface area contributed by atoms with Gasteiger partial charge in [-0.25, -0.2) is 9.86 Å². The Kier molecular flexibility index (Phi) is 15.7. The molecular formula is C53H61NO10Si. The van der Waals surface area contributed by atoms with Gasteiger partial charge in [0, 0.05) is 44.1 Å². The van der Waals surface area contributed by atoms with Crippen LogP contribution in [0.2, 0.25) is 5.04 Å². The molecule has 1 aromatic heterocycles. The standard InChI is InChI=1S/C53H61NO10Si/c1-52(2,3)65(43-26-14-8-15-27-43,44-28-16-9-17-29-44)62-32-20-25-41-33-45-46(34-48(56)58-4)53(51(57)59-5)35-42(38-61-37-40-23-12-7-13-24-40)64-54(50(53)49(45)63-41)47(55)30-18-19-31-60-36-39-21-10-6-11-22-39/h6-17,21-24,26-29,33-34,42,50H,18-20,25,30-32,35-38H2,1-5H3/b46-34-/t42-,50?,53-/m1/s1. The molecule has 1 amide bonds. The van der Waals surface area contributed by atoms with Gasteiger partial charge in [0.1, 0.15) is 29.1 Å². The number of unbranched alkanes of at least 4 members (excludes halogenated alkanes) is 1. The molecule has 2 aliphatic rings. The highest BCUT2D eigenvalue weighted by Gasteiger charge is 2.65. The number of esters is 2. The lowest BCUT2D eigenvalue weighted by molar-refractivity contribution is -0.274. The molecule has 7 rings (SSSR count). The lowest BCUT2D eigenvalue weighted by Gasteiger charge is -2.46. The number of benzene rings is 4. The Balaban J connectivity index is 1.16. The van der Waals surface area contributed by atoms with Crippen molar-refractivity contribution in [2.24, 2.45) is 5.41 Å². The van der Waals surface area contributed by atoms with Crippen LogP contribution in [0.4, 0.5) is 0 Å². The van der Waals surface area contributed by atoms with Crippen molar-refractivity contribution in [3.63, 3.8) is 0 Å². The van der Waals surface area contributed by atoms with Gasteiger partial charge in [0.2, 0.25) is 5.91 Å². The predicted molar refractivity (Wildman–Crippen MR) is 250 cm³/mol. The van der Waals surface area contributed by atoms with Crippen molar-refractivity contribution < 1.29 is 47.0 Å². The third-order valence-electron chi connectivity index (χ3n) is 12.4. The van der Waals surface area contributed by atoms with E-state index in [2.05, 4.69) is 69.3 Å². The Labute approximate surface area is 383 Å². The summed E-state index contributed by atoms with van der Waals surface area (Å²) in [7, 11) is -0.196. The van der Waals surface area contributed by atoms with Gasteiger partial charge >= 0.3 is 11.9 Å². The van der Waals surface area contributed by atoms with Crippen molar-refractivity contribution in [1.29, 1.82) is 0 Å². The van der Waals surface area contributed by atoms with Crippen LogP contribution in [-0.2, 0) is 62.2 Å². The van der Waals surface area contributed by atoms with Gasteiger partial charge in [-0.05, 0) is 57.4 Å². The molecule has 0 N–H and O–H groups in total.